The van der Waals surface area contributed by atoms with Gasteiger partial charge in [0.15, 0.2) is 0 Å². The number of methoxy groups -OCH3 is 1. The van der Waals surface area contributed by atoms with Crippen molar-refractivity contribution in [3.05, 3.63) is 46.2 Å². The third kappa shape index (κ3) is 4.24. The monoisotopic (exact) mass is 427 g/mol. The fraction of sp³-hybridized carbons (Fsp3) is 0.471. The van der Waals surface area contributed by atoms with Crippen molar-refractivity contribution in [1.82, 2.24) is 14.1 Å². The predicted octanol–water partition coefficient (Wildman–Crippen LogP) is 2.90. The molecule has 1 aliphatic rings. The van der Waals surface area contributed by atoms with Crippen LogP contribution in [0.2, 0.25) is 0 Å². The second-order valence-electron chi connectivity index (χ2n) is 6.33. The van der Waals surface area contributed by atoms with Crippen LogP contribution in [0.25, 0.3) is 0 Å². The molecule has 3 rings (SSSR count). The Morgan fingerprint density at radius 1 is 1.32 bits per heavy atom. The quantitative estimate of drug-likeness (QED) is 0.735. The van der Waals surface area contributed by atoms with Gasteiger partial charge in [-0.1, -0.05) is 15.9 Å². The highest BCUT2D eigenvalue weighted by Crippen LogP contribution is 2.31. The van der Waals surface area contributed by atoms with Crippen molar-refractivity contribution >= 4 is 26.0 Å². The van der Waals surface area contributed by atoms with Crippen molar-refractivity contribution in [3.63, 3.8) is 0 Å². The van der Waals surface area contributed by atoms with Crippen LogP contribution in [0.5, 0.6) is 5.75 Å². The Bertz CT molecular complexity index is 843. The zero-order valence-electron chi connectivity index (χ0n) is 14.4. The molecule has 0 bridgehead atoms. The number of ether oxygens (including phenoxy) is 1. The summed E-state index contributed by atoms with van der Waals surface area (Å²) in [5.41, 5.74) is 1.91. The standard InChI is InChI=1S/C17H22BrN3O3S/c1-20-11-15(10-19-20)13-5-7-21(8-6-13)25(22,23)12-14-9-16(24-2)3-4-17(14)18/h3-4,9-11,13H,5-8,12H2,1-2H3. The number of sulfonamides is 1. The first kappa shape index (κ1) is 18.4. The van der Waals surface area contributed by atoms with Gasteiger partial charge in [0.25, 0.3) is 0 Å². The van der Waals surface area contributed by atoms with Gasteiger partial charge in [0.2, 0.25) is 10.0 Å². The smallest absolute Gasteiger partial charge is 0.218 e. The van der Waals surface area contributed by atoms with Crippen molar-refractivity contribution in [2.24, 2.45) is 7.05 Å². The van der Waals surface area contributed by atoms with Gasteiger partial charge in [-0.05, 0) is 48.1 Å². The molecule has 0 saturated carbocycles. The maximum atomic E-state index is 12.8. The van der Waals surface area contributed by atoms with Gasteiger partial charge in [-0.2, -0.15) is 5.10 Å². The number of aryl methyl sites for hydroxylation is 1. The molecule has 6 nitrogen and oxygen atoms in total. The molecule has 1 aromatic carbocycles. The topological polar surface area (TPSA) is 64.4 Å². The summed E-state index contributed by atoms with van der Waals surface area (Å²) in [5.74, 6) is 1.01. The minimum Gasteiger partial charge on any atom is -0.497 e. The molecule has 1 aromatic heterocycles. The fourth-order valence-electron chi connectivity index (χ4n) is 3.19. The van der Waals surface area contributed by atoms with Gasteiger partial charge in [0, 0.05) is 30.8 Å². The third-order valence-corrected chi connectivity index (χ3v) is 7.24. The Balaban J connectivity index is 1.68. The molecule has 2 aromatic rings. The van der Waals surface area contributed by atoms with Crippen LogP contribution < -0.4 is 4.74 Å². The number of nitrogens with zero attached hydrogens (tertiary/aromatic N) is 3. The average molecular weight is 428 g/mol. The molecule has 0 amide bonds. The van der Waals surface area contributed by atoms with Crippen LogP contribution in [0.15, 0.2) is 35.1 Å². The predicted molar refractivity (Wildman–Crippen MR) is 100 cm³/mol. The van der Waals surface area contributed by atoms with Crippen LogP contribution in [0.1, 0.15) is 29.9 Å². The summed E-state index contributed by atoms with van der Waals surface area (Å²) in [6.07, 6.45) is 5.54. The molecule has 0 aliphatic carbocycles. The molecular formula is C17H22BrN3O3S. The minimum absolute atomic E-state index is 0.0255. The molecule has 1 fully saturated rings. The lowest BCUT2D eigenvalue weighted by Crippen LogP contribution is -2.38. The fourth-order valence-corrected chi connectivity index (χ4v) is 5.35. The van der Waals surface area contributed by atoms with Gasteiger partial charge in [0.05, 0.1) is 19.1 Å². The van der Waals surface area contributed by atoms with E-state index in [0.717, 1.165) is 17.3 Å². The molecule has 2 heterocycles. The van der Waals surface area contributed by atoms with Crippen molar-refractivity contribution < 1.29 is 13.2 Å². The van der Waals surface area contributed by atoms with Crippen LogP contribution in [-0.2, 0) is 22.8 Å². The van der Waals surface area contributed by atoms with Crippen LogP contribution in [0, 0.1) is 0 Å². The summed E-state index contributed by atoms with van der Waals surface area (Å²) in [6, 6.07) is 5.39. The molecule has 0 unspecified atom stereocenters. The SMILES string of the molecule is COc1ccc(Br)c(CS(=O)(=O)N2CCC(c3cnn(C)c3)CC2)c1. The summed E-state index contributed by atoms with van der Waals surface area (Å²) in [4.78, 5) is 0. The summed E-state index contributed by atoms with van der Waals surface area (Å²) in [5, 5.41) is 4.21. The van der Waals surface area contributed by atoms with E-state index in [9.17, 15) is 8.42 Å². The molecular weight excluding hydrogens is 406 g/mol. The molecule has 136 valence electrons. The van der Waals surface area contributed by atoms with E-state index in [-0.39, 0.29) is 5.75 Å². The van der Waals surface area contributed by atoms with Gasteiger partial charge in [-0.3, -0.25) is 4.68 Å². The Morgan fingerprint density at radius 3 is 2.64 bits per heavy atom. The summed E-state index contributed by atoms with van der Waals surface area (Å²) >= 11 is 3.43. The highest BCUT2D eigenvalue weighted by molar-refractivity contribution is 9.10. The van der Waals surface area contributed by atoms with Gasteiger partial charge in [-0.25, -0.2) is 12.7 Å². The maximum Gasteiger partial charge on any atom is 0.218 e. The Kier molecular flexibility index (Phi) is 5.50. The number of hydrogen-bond donors (Lipinski definition) is 0. The lowest BCUT2D eigenvalue weighted by molar-refractivity contribution is 0.319. The zero-order chi connectivity index (χ0) is 18.0. The lowest BCUT2D eigenvalue weighted by atomic mass is 9.93. The van der Waals surface area contributed by atoms with Crippen LogP contribution in [-0.4, -0.2) is 42.7 Å². The van der Waals surface area contributed by atoms with Crippen molar-refractivity contribution in [2.75, 3.05) is 20.2 Å². The van der Waals surface area contributed by atoms with Crippen LogP contribution >= 0.6 is 15.9 Å². The Morgan fingerprint density at radius 2 is 2.04 bits per heavy atom. The van der Waals surface area contributed by atoms with E-state index in [2.05, 4.69) is 21.0 Å². The Hall–Kier alpha value is -1.38. The summed E-state index contributed by atoms with van der Waals surface area (Å²) < 4.78 is 35.0. The van der Waals surface area contributed by atoms with E-state index in [1.54, 1.807) is 28.2 Å². The van der Waals surface area contributed by atoms with Gasteiger partial charge < -0.3 is 4.74 Å². The van der Waals surface area contributed by atoms with Crippen molar-refractivity contribution in [2.45, 2.75) is 24.5 Å². The first-order chi connectivity index (χ1) is 11.9. The maximum absolute atomic E-state index is 12.8. The number of benzene rings is 1. The molecule has 0 N–H and O–H groups in total. The first-order valence-corrected chi connectivity index (χ1v) is 10.6. The lowest BCUT2D eigenvalue weighted by Gasteiger charge is -2.31. The van der Waals surface area contributed by atoms with Crippen LogP contribution in [0.3, 0.4) is 0 Å². The highest BCUT2D eigenvalue weighted by atomic mass is 79.9. The summed E-state index contributed by atoms with van der Waals surface area (Å²) in [6.45, 7) is 1.09. The number of piperidine rings is 1. The second-order valence-corrected chi connectivity index (χ2v) is 9.16. The molecule has 0 spiro atoms. The molecule has 1 aliphatic heterocycles. The normalized spacial score (nSPS) is 16.9. The number of halogens is 1. The van der Waals surface area contributed by atoms with E-state index in [1.807, 2.05) is 25.5 Å². The minimum atomic E-state index is -3.36. The van der Waals surface area contributed by atoms with Crippen molar-refractivity contribution in [1.29, 1.82) is 0 Å². The third-order valence-electron chi connectivity index (χ3n) is 4.63. The average Bonchev–Trinajstić information content (AvgIpc) is 3.03. The molecule has 25 heavy (non-hydrogen) atoms. The number of rotatable bonds is 5. The van der Waals surface area contributed by atoms with Gasteiger partial charge in [-0.15, -0.1) is 0 Å². The van der Waals surface area contributed by atoms with Gasteiger partial charge >= 0.3 is 0 Å². The summed E-state index contributed by atoms with van der Waals surface area (Å²) in [7, 11) is 0.115. The Labute approximate surface area is 157 Å². The first-order valence-electron chi connectivity index (χ1n) is 8.18. The van der Waals surface area contributed by atoms with E-state index >= 15 is 0 Å². The highest BCUT2D eigenvalue weighted by Gasteiger charge is 2.29. The van der Waals surface area contributed by atoms with E-state index in [4.69, 9.17) is 4.74 Å². The van der Waals surface area contributed by atoms with Gasteiger partial charge in [0.1, 0.15) is 5.75 Å². The van der Waals surface area contributed by atoms with E-state index < -0.39 is 10.0 Å². The van der Waals surface area contributed by atoms with E-state index in [0.29, 0.717) is 30.3 Å². The van der Waals surface area contributed by atoms with Crippen LogP contribution in [0.4, 0.5) is 0 Å². The molecule has 1 saturated heterocycles. The molecule has 0 atom stereocenters. The number of hydrogen-bond acceptors (Lipinski definition) is 4. The largest absolute Gasteiger partial charge is 0.497 e. The second kappa shape index (κ2) is 7.47. The van der Waals surface area contributed by atoms with E-state index in [1.165, 1.54) is 5.56 Å². The number of aromatic nitrogens is 2. The molecule has 0 radical (unpaired) electrons. The van der Waals surface area contributed by atoms with Crippen molar-refractivity contribution in [3.8, 4) is 5.75 Å². The zero-order valence-corrected chi connectivity index (χ0v) is 16.8. The molecule has 8 heteroatoms.